The number of hydrogen-bond donors (Lipinski definition) is 1. The molecule has 0 spiro atoms. The van der Waals surface area contributed by atoms with E-state index in [-0.39, 0.29) is 47.9 Å². The van der Waals surface area contributed by atoms with Crippen molar-refractivity contribution in [2.45, 2.75) is 103 Å². The van der Waals surface area contributed by atoms with Crippen molar-refractivity contribution in [1.82, 2.24) is 9.80 Å². The lowest BCUT2D eigenvalue weighted by Crippen LogP contribution is -2.58. The van der Waals surface area contributed by atoms with Crippen molar-refractivity contribution in [2.75, 3.05) is 20.3 Å². The van der Waals surface area contributed by atoms with E-state index in [1.165, 1.54) is 0 Å². The zero-order chi connectivity index (χ0) is 38.0. The van der Waals surface area contributed by atoms with Crippen LogP contribution in [0.5, 0.6) is 11.5 Å². The number of nitrogens with zero attached hydrogens (tertiary/aromatic N) is 2. The van der Waals surface area contributed by atoms with Gasteiger partial charge in [0.1, 0.15) is 22.2 Å². The smallest absolute Gasteiger partial charge is 0.411 e. The predicted octanol–water partition coefficient (Wildman–Crippen LogP) is 8.67. The van der Waals surface area contributed by atoms with Crippen LogP contribution in [0.25, 0.3) is 5.57 Å². The second kappa shape index (κ2) is 16.1. The number of benzene rings is 3. The molecule has 0 aromatic heterocycles. The molecule has 53 heavy (non-hydrogen) atoms. The number of amides is 2. The van der Waals surface area contributed by atoms with Crippen LogP contribution in [0.15, 0.2) is 60.2 Å². The van der Waals surface area contributed by atoms with Gasteiger partial charge in [-0.05, 0) is 125 Å². The summed E-state index contributed by atoms with van der Waals surface area (Å²) in [6.45, 7) is 8.02. The normalized spacial score (nSPS) is 19.9. The highest BCUT2D eigenvalue weighted by molar-refractivity contribution is 6.32. The van der Waals surface area contributed by atoms with Gasteiger partial charge in [-0.2, -0.15) is 0 Å². The molecule has 2 fully saturated rings. The van der Waals surface area contributed by atoms with E-state index in [1.54, 1.807) is 12.0 Å². The van der Waals surface area contributed by atoms with Crippen LogP contribution in [0, 0.1) is 24.5 Å². The SMILES string of the molecule is COc1cccc(CN(C(=O)C2=C(c3ccc(CCCOc4c(F)ccc(F)c4Cl)cc3)C[C@@H]3CC(CO)CC2N3C(=O)OC(C)(C)C)C2CC2)c1C. The number of hydrogen-bond acceptors (Lipinski definition) is 6. The molecular weight excluding hydrogens is 702 g/mol. The van der Waals surface area contributed by atoms with Gasteiger partial charge in [0.25, 0.3) is 5.91 Å². The number of piperidine rings is 1. The minimum Gasteiger partial charge on any atom is -0.496 e. The summed E-state index contributed by atoms with van der Waals surface area (Å²) in [4.78, 5) is 32.7. The van der Waals surface area contributed by atoms with Gasteiger partial charge >= 0.3 is 6.09 Å². The van der Waals surface area contributed by atoms with E-state index in [2.05, 4.69) is 0 Å². The van der Waals surface area contributed by atoms with Crippen LogP contribution < -0.4 is 9.47 Å². The molecule has 0 radical (unpaired) electrons. The number of aryl methyl sites for hydroxylation is 1. The largest absolute Gasteiger partial charge is 0.496 e. The fourth-order valence-electron chi connectivity index (χ4n) is 7.66. The van der Waals surface area contributed by atoms with E-state index in [4.69, 9.17) is 25.8 Å². The Labute approximate surface area is 315 Å². The number of fused-ring (bicyclic) bond motifs is 2. The van der Waals surface area contributed by atoms with E-state index in [9.17, 15) is 18.7 Å². The van der Waals surface area contributed by atoms with Gasteiger partial charge in [-0.15, -0.1) is 0 Å². The van der Waals surface area contributed by atoms with Crippen LogP contribution in [0.4, 0.5) is 13.6 Å². The molecule has 11 heteroatoms. The monoisotopic (exact) mass is 750 g/mol. The van der Waals surface area contributed by atoms with Gasteiger partial charge in [-0.25, -0.2) is 13.6 Å². The van der Waals surface area contributed by atoms with Crippen LogP contribution >= 0.6 is 11.6 Å². The Bertz CT molecular complexity index is 1860. The molecular formula is C42H49ClF2N2O6. The molecule has 2 bridgehead atoms. The summed E-state index contributed by atoms with van der Waals surface area (Å²) in [7, 11) is 1.64. The summed E-state index contributed by atoms with van der Waals surface area (Å²) in [5.74, 6) is -1.16. The molecule has 6 rings (SSSR count). The molecule has 1 saturated heterocycles. The second-order valence-corrected chi connectivity index (χ2v) is 15.8. The van der Waals surface area contributed by atoms with Crippen LogP contribution in [0.2, 0.25) is 5.02 Å². The van der Waals surface area contributed by atoms with E-state index in [0.717, 1.165) is 58.6 Å². The number of ether oxygens (including phenoxy) is 3. The van der Waals surface area contributed by atoms with Gasteiger partial charge in [0.15, 0.2) is 11.6 Å². The highest BCUT2D eigenvalue weighted by atomic mass is 35.5. The minimum absolute atomic E-state index is 0.0300. The summed E-state index contributed by atoms with van der Waals surface area (Å²) in [6.07, 6.45) is 3.98. The van der Waals surface area contributed by atoms with Crippen molar-refractivity contribution in [3.05, 3.63) is 99.1 Å². The van der Waals surface area contributed by atoms with Crippen molar-refractivity contribution in [1.29, 1.82) is 0 Å². The van der Waals surface area contributed by atoms with Crippen molar-refractivity contribution < 1.29 is 37.7 Å². The average Bonchev–Trinajstić information content (AvgIpc) is 3.96. The third kappa shape index (κ3) is 8.65. The summed E-state index contributed by atoms with van der Waals surface area (Å²) in [6, 6.07) is 15.1. The lowest BCUT2D eigenvalue weighted by molar-refractivity contribution is -0.129. The van der Waals surface area contributed by atoms with Gasteiger partial charge in [0, 0.05) is 30.8 Å². The number of carbonyl (C=O) groups excluding carboxylic acids is 2. The van der Waals surface area contributed by atoms with Crippen molar-refractivity contribution in [3.8, 4) is 11.5 Å². The molecule has 284 valence electrons. The molecule has 3 aromatic carbocycles. The summed E-state index contributed by atoms with van der Waals surface area (Å²) >= 11 is 5.91. The predicted molar refractivity (Wildman–Crippen MR) is 200 cm³/mol. The highest BCUT2D eigenvalue weighted by Crippen LogP contribution is 2.46. The van der Waals surface area contributed by atoms with Crippen LogP contribution in [-0.4, -0.2) is 71.0 Å². The Morgan fingerprint density at radius 3 is 2.40 bits per heavy atom. The first kappa shape index (κ1) is 38.6. The average molecular weight is 751 g/mol. The molecule has 3 aliphatic rings. The fraction of sp³-hybridized carbons (Fsp3) is 0.476. The number of methoxy groups -OCH3 is 1. The van der Waals surface area contributed by atoms with Gasteiger partial charge in [0.2, 0.25) is 0 Å². The fourth-order valence-corrected chi connectivity index (χ4v) is 7.86. The van der Waals surface area contributed by atoms with E-state index in [1.807, 2.05) is 75.1 Å². The molecule has 2 unspecified atom stereocenters. The van der Waals surface area contributed by atoms with E-state index < -0.39 is 29.4 Å². The van der Waals surface area contributed by atoms with Crippen LogP contribution in [0.3, 0.4) is 0 Å². The Morgan fingerprint density at radius 1 is 1.02 bits per heavy atom. The summed E-state index contributed by atoms with van der Waals surface area (Å²) < 4.78 is 45.0. The Morgan fingerprint density at radius 2 is 1.74 bits per heavy atom. The highest BCUT2D eigenvalue weighted by Gasteiger charge is 2.49. The maximum Gasteiger partial charge on any atom is 0.411 e. The van der Waals surface area contributed by atoms with Gasteiger partial charge in [0.05, 0.1) is 19.8 Å². The summed E-state index contributed by atoms with van der Waals surface area (Å²) in [5, 5.41) is 9.99. The topological polar surface area (TPSA) is 88.5 Å². The second-order valence-electron chi connectivity index (χ2n) is 15.4. The van der Waals surface area contributed by atoms with E-state index in [0.29, 0.717) is 44.2 Å². The first-order chi connectivity index (χ1) is 25.3. The van der Waals surface area contributed by atoms with Gasteiger partial charge < -0.3 is 24.2 Å². The number of carbonyl (C=O) groups is 2. The van der Waals surface area contributed by atoms with Crippen LogP contribution in [0.1, 0.15) is 81.5 Å². The molecule has 2 heterocycles. The standard InChI is InChI=1S/C42H49ClF2N2O6/c1-25-29(9-6-10-36(25)51-5)23-46(30-15-16-30)40(49)37-32(22-31-20-27(24-48)21-35(37)47(31)41(50)53-42(2,3)4)28-13-11-26(12-14-28)8-7-19-52-39-34(45)18-17-33(44)38(39)43/h6,9-14,17-18,27,30-31,35,48H,7-8,15-16,19-24H2,1-5H3/t27?,31-,35?/m0/s1. The quantitative estimate of drug-likeness (QED) is 0.147. The Balaban J connectivity index is 1.32. The molecule has 1 aliphatic carbocycles. The van der Waals surface area contributed by atoms with Gasteiger partial charge in [-0.3, -0.25) is 9.69 Å². The molecule has 1 saturated carbocycles. The van der Waals surface area contributed by atoms with E-state index >= 15 is 4.79 Å². The summed E-state index contributed by atoms with van der Waals surface area (Å²) in [5.41, 5.74) is 4.64. The molecule has 3 atom stereocenters. The lowest BCUT2D eigenvalue weighted by atomic mass is 9.73. The number of halogens is 3. The third-order valence-electron chi connectivity index (χ3n) is 10.4. The Kier molecular flexibility index (Phi) is 11.7. The molecule has 1 N–H and O–H groups in total. The van der Waals surface area contributed by atoms with Crippen LogP contribution in [-0.2, 0) is 22.5 Å². The zero-order valence-corrected chi connectivity index (χ0v) is 31.8. The lowest BCUT2D eigenvalue weighted by Gasteiger charge is -2.50. The first-order valence-electron chi connectivity index (χ1n) is 18.4. The maximum atomic E-state index is 15.1. The Hall–Kier alpha value is -4.15. The number of aliphatic hydroxyl groups is 1. The molecule has 8 nitrogen and oxygen atoms in total. The molecule has 3 aromatic rings. The minimum atomic E-state index is -0.741. The third-order valence-corrected chi connectivity index (χ3v) is 10.8. The zero-order valence-electron chi connectivity index (χ0n) is 31.1. The van der Waals surface area contributed by atoms with Crippen molar-refractivity contribution in [3.63, 3.8) is 0 Å². The van der Waals surface area contributed by atoms with Gasteiger partial charge in [-0.1, -0.05) is 48.0 Å². The first-order valence-corrected chi connectivity index (χ1v) is 18.8. The van der Waals surface area contributed by atoms with Crippen molar-refractivity contribution in [2.24, 2.45) is 5.92 Å². The van der Waals surface area contributed by atoms with Crippen molar-refractivity contribution >= 4 is 29.2 Å². The maximum absolute atomic E-state index is 15.1. The molecule has 2 aliphatic heterocycles. The number of rotatable bonds is 12. The number of aliphatic hydroxyl groups excluding tert-OH is 1. The molecule has 2 amide bonds.